The van der Waals surface area contributed by atoms with Crippen LogP contribution in [0.4, 0.5) is 0 Å². The Morgan fingerprint density at radius 2 is 1.88 bits per heavy atom. The van der Waals surface area contributed by atoms with Gasteiger partial charge in [-0.1, -0.05) is 26.0 Å². The number of amides is 1. The second-order valence-electron chi connectivity index (χ2n) is 6.88. The molecule has 0 unspecified atom stereocenters. The number of thioether (sulfide) groups is 1. The first-order valence-electron chi connectivity index (χ1n) is 8.88. The fraction of sp³-hybridized carbons (Fsp3) is 0.632. The molecule has 24 heavy (non-hydrogen) atoms. The fourth-order valence-electron chi connectivity index (χ4n) is 3.42. The molecule has 3 rings (SSSR count). The number of nitrogens with one attached hydrogen (secondary N) is 1. The molecule has 0 bridgehead atoms. The third-order valence-electron chi connectivity index (χ3n) is 4.50. The molecule has 1 saturated heterocycles. The largest absolute Gasteiger partial charge is 0.373 e. The van der Waals surface area contributed by atoms with Crippen molar-refractivity contribution in [2.75, 3.05) is 13.2 Å². The first-order chi connectivity index (χ1) is 11.6. The summed E-state index contributed by atoms with van der Waals surface area (Å²) in [5.74, 6) is 0.0967. The summed E-state index contributed by atoms with van der Waals surface area (Å²) in [6, 6.07) is 8.52. The van der Waals surface area contributed by atoms with E-state index in [0.29, 0.717) is 24.9 Å². The van der Waals surface area contributed by atoms with Gasteiger partial charge in [-0.05, 0) is 37.0 Å². The predicted octanol–water partition coefficient (Wildman–Crippen LogP) is 3.18. The molecule has 0 aromatic heterocycles. The summed E-state index contributed by atoms with van der Waals surface area (Å²) >= 11 is 1.84. The van der Waals surface area contributed by atoms with Gasteiger partial charge in [0.25, 0.3) is 0 Å². The van der Waals surface area contributed by atoms with Crippen molar-refractivity contribution in [2.45, 2.75) is 67.9 Å². The average Bonchev–Trinajstić information content (AvgIpc) is 2.56. The molecule has 1 amide bonds. The van der Waals surface area contributed by atoms with Gasteiger partial charge in [0.15, 0.2) is 0 Å². The Kier molecular flexibility index (Phi) is 6.19. The maximum Gasteiger partial charge on any atom is 0.224 e. The van der Waals surface area contributed by atoms with Gasteiger partial charge >= 0.3 is 0 Å². The summed E-state index contributed by atoms with van der Waals surface area (Å²) in [5.41, 5.74) is 1.06. The molecule has 1 aromatic carbocycles. The van der Waals surface area contributed by atoms with Crippen molar-refractivity contribution in [3.63, 3.8) is 0 Å². The van der Waals surface area contributed by atoms with Crippen LogP contribution in [0.5, 0.6) is 0 Å². The van der Waals surface area contributed by atoms with Crippen LogP contribution in [0.2, 0.25) is 0 Å². The van der Waals surface area contributed by atoms with E-state index in [2.05, 4.69) is 43.4 Å². The maximum absolute atomic E-state index is 12.3. The van der Waals surface area contributed by atoms with Crippen molar-refractivity contribution in [3.05, 3.63) is 29.8 Å². The van der Waals surface area contributed by atoms with Gasteiger partial charge in [-0.2, -0.15) is 0 Å². The zero-order valence-corrected chi connectivity index (χ0v) is 15.3. The van der Waals surface area contributed by atoms with Gasteiger partial charge in [-0.3, -0.25) is 4.79 Å². The van der Waals surface area contributed by atoms with Crippen LogP contribution in [0, 0.1) is 0 Å². The van der Waals surface area contributed by atoms with Gasteiger partial charge in [0.2, 0.25) is 5.91 Å². The normalized spacial score (nSPS) is 26.9. The van der Waals surface area contributed by atoms with Crippen molar-refractivity contribution < 1.29 is 14.3 Å². The summed E-state index contributed by atoms with van der Waals surface area (Å²) in [6.45, 7) is 5.73. The first-order valence-corrected chi connectivity index (χ1v) is 9.76. The molecule has 0 radical (unpaired) electrons. The Bertz CT molecular complexity index is 546. The van der Waals surface area contributed by atoms with Gasteiger partial charge in [0.05, 0.1) is 31.8 Å². The number of carbonyl (C=O) groups excluding carboxylic acids is 1. The van der Waals surface area contributed by atoms with E-state index in [4.69, 9.17) is 9.47 Å². The van der Waals surface area contributed by atoms with Crippen molar-refractivity contribution in [1.29, 1.82) is 0 Å². The van der Waals surface area contributed by atoms with Crippen LogP contribution in [0.25, 0.3) is 0 Å². The molecule has 5 heteroatoms. The predicted molar refractivity (Wildman–Crippen MR) is 96.4 cm³/mol. The van der Waals surface area contributed by atoms with Crippen LogP contribution in [0.1, 0.15) is 38.7 Å². The number of rotatable bonds is 5. The minimum atomic E-state index is 0.0967. The molecular formula is C19H27NO3S. The highest BCUT2D eigenvalue weighted by Crippen LogP contribution is 2.27. The number of hydrogen-bond acceptors (Lipinski definition) is 4. The van der Waals surface area contributed by atoms with E-state index in [9.17, 15) is 4.79 Å². The standard InChI is InChI=1S/C19H27NO3S/c1-13(2)24-16-6-3-14(4-7-16)11-19(21)20-15-5-8-17-18(12-15)23-10-9-22-17/h3-4,6-7,13,15,17-18H,5,8-12H2,1-2H3,(H,20,21)/t15-,17+,18-/m1/s1. The van der Waals surface area contributed by atoms with Crippen molar-refractivity contribution in [1.82, 2.24) is 5.32 Å². The summed E-state index contributed by atoms with van der Waals surface area (Å²) in [5, 5.41) is 3.74. The number of carbonyl (C=O) groups is 1. The molecule has 1 heterocycles. The van der Waals surface area contributed by atoms with Gasteiger partial charge < -0.3 is 14.8 Å². The Balaban J connectivity index is 1.47. The molecule has 2 aliphatic rings. The first kappa shape index (κ1) is 17.8. The van der Waals surface area contributed by atoms with Gasteiger partial charge in [-0.25, -0.2) is 0 Å². The van der Waals surface area contributed by atoms with Gasteiger partial charge in [-0.15, -0.1) is 11.8 Å². The molecule has 0 spiro atoms. The summed E-state index contributed by atoms with van der Waals surface area (Å²) in [4.78, 5) is 13.6. The zero-order valence-electron chi connectivity index (χ0n) is 14.5. The van der Waals surface area contributed by atoms with E-state index in [1.807, 2.05) is 11.8 Å². The molecule has 1 aliphatic heterocycles. The molecule has 3 atom stereocenters. The van der Waals surface area contributed by atoms with Crippen LogP contribution < -0.4 is 5.32 Å². The van der Waals surface area contributed by atoms with Crippen LogP contribution in [0.3, 0.4) is 0 Å². The van der Waals surface area contributed by atoms with Crippen LogP contribution in [-0.4, -0.2) is 42.6 Å². The highest BCUT2D eigenvalue weighted by molar-refractivity contribution is 7.99. The lowest BCUT2D eigenvalue weighted by atomic mass is 9.89. The topological polar surface area (TPSA) is 47.6 Å². The lowest BCUT2D eigenvalue weighted by Crippen LogP contribution is -2.49. The third-order valence-corrected chi connectivity index (χ3v) is 5.52. The van der Waals surface area contributed by atoms with E-state index in [0.717, 1.165) is 24.8 Å². The fourth-order valence-corrected chi connectivity index (χ4v) is 4.26. The van der Waals surface area contributed by atoms with Gasteiger partial charge in [0.1, 0.15) is 0 Å². The molecule has 2 fully saturated rings. The van der Waals surface area contributed by atoms with Crippen molar-refractivity contribution in [3.8, 4) is 0 Å². The Hall–Kier alpha value is -1.04. The summed E-state index contributed by atoms with van der Waals surface area (Å²) in [6.07, 6.45) is 3.61. The Labute approximate surface area is 148 Å². The van der Waals surface area contributed by atoms with Crippen molar-refractivity contribution >= 4 is 17.7 Å². The summed E-state index contributed by atoms with van der Waals surface area (Å²) in [7, 11) is 0. The van der Waals surface area contributed by atoms with Crippen molar-refractivity contribution in [2.24, 2.45) is 0 Å². The molecule has 1 aliphatic carbocycles. The van der Waals surface area contributed by atoms with E-state index in [1.165, 1.54) is 4.90 Å². The second kappa shape index (κ2) is 8.37. The highest BCUT2D eigenvalue weighted by atomic mass is 32.2. The molecular weight excluding hydrogens is 322 g/mol. The van der Waals surface area contributed by atoms with Gasteiger partial charge in [0, 0.05) is 16.2 Å². The number of hydrogen-bond donors (Lipinski definition) is 1. The number of benzene rings is 1. The maximum atomic E-state index is 12.3. The number of ether oxygens (including phenoxy) is 2. The number of fused-ring (bicyclic) bond motifs is 1. The SMILES string of the molecule is CC(C)Sc1ccc(CC(=O)N[C@@H]2CC[C@@H]3OCCO[C@@H]3C2)cc1. The smallest absolute Gasteiger partial charge is 0.224 e. The highest BCUT2D eigenvalue weighted by Gasteiger charge is 2.34. The molecule has 1 saturated carbocycles. The van der Waals surface area contributed by atoms with Crippen LogP contribution in [0.15, 0.2) is 29.2 Å². The molecule has 1 aromatic rings. The molecule has 4 nitrogen and oxygen atoms in total. The Morgan fingerprint density at radius 3 is 2.58 bits per heavy atom. The van der Waals surface area contributed by atoms with E-state index >= 15 is 0 Å². The summed E-state index contributed by atoms with van der Waals surface area (Å²) < 4.78 is 11.5. The molecule has 1 N–H and O–H groups in total. The lowest BCUT2D eigenvalue weighted by molar-refractivity contribution is -0.158. The second-order valence-corrected chi connectivity index (χ2v) is 8.53. The van der Waals surface area contributed by atoms with E-state index < -0.39 is 0 Å². The minimum Gasteiger partial charge on any atom is -0.373 e. The monoisotopic (exact) mass is 349 g/mol. The minimum absolute atomic E-state index is 0.0967. The van der Waals surface area contributed by atoms with Crippen LogP contribution in [-0.2, 0) is 20.7 Å². The van der Waals surface area contributed by atoms with Crippen LogP contribution >= 0.6 is 11.8 Å². The van der Waals surface area contributed by atoms with E-state index in [-0.39, 0.29) is 24.2 Å². The lowest BCUT2D eigenvalue weighted by Gasteiger charge is -2.39. The quantitative estimate of drug-likeness (QED) is 0.830. The van der Waals surface area contributed by atoms with E-state index in [1.54, 1.807) is 0 Å². The molecule has 132 valence electrons. The Morgan fingerprint density at radius 1 is 1.17 bits per heavy atom. The third kappa shape index (κ3) is 4.98. The zero-order chi connectivity index (χ0) is 16.9. The average molecular weight is 349 g/mol.